The normalized spacial score (nSPS) is 24.0. The summed E-state index contributed by atoms with van der Waals surface area (Å²) in [6, 6.07) is 0.661. The van der Waals surface area contributed by atoms with Gasteiger partial charge in [0, 0.05) is 17.8 Å². The van der Waals surface area contributed by atoms with Crippen LogP contribution in [0.15, 0.2) is 4.79 Å². The zero-order chi connectivity index (χ0) is 13.3. The van der Waals surface area contributed by atoms with Gasteiger partial charge in [0.15, 0.2) is 0 Å². The van der Waals surface area contributed by atoms with Crippen molar-refractivity contribution < 1.29 is 0 Å². The first-order valence-corrected chi connectivity index (χ1v) is 6.86. The van der Waals surface area contributed by atoms with Crippen LogP contribution in [0.4, 0.5) is 0 Å². The van der Waals surface area contributed by atoms with E-state index in [4.69, 9.17) is 0 Å². The van der Waals surface area contributed by atoms with E-state index in [2.05, 4.69) is 29.1 Å². The molecule has 0 aromatic carbocycles. The van der Waals surface area contributed by atoms with Crippen LogP contribution >= 0.6 is 0 Å². The standard InChI is InChI=1S/C14H23N3O/c1-5-6-11-7-12(11)16-9(3)13-8(2)15-10(4)17-14(13)18/h9,11-12,16H,5-7H2,1-4H3,(H,15,17,18). The Morgan fingerprint density at radius 2 is 2.22 bits per heavy atom. The fourth-order valence-electron chi connectivity index (χ4n) is 2.79. The molecule has 0 spiro atoms. The Morgan fingerprint density at radius 3 is 2.83 bits per heavy atom. The van der Waals surface area contributed by atoms with Crippen LogP contribution in [0.25, 0.3) is 0 Å². The second kappa shape index (κ2) is 5.22. The quantitative estimate of drug-likeness (QED) is 0.841. The van der Waals surface area contributed by atoms with E-state index in [0.29, 0.717) is 11.9 Å². The van der Waals surface area contributed by atoms with Gasteiger partial charge in [-0.15, -0.1) is 0 Å². The average Bonchev–Trinajstić information content (AvgIpc) is 2.94. The van der Waals surface area contributed by atoms with Crippen molar-refractivity contribution in [2.45, 2.75) is 59.0 Å². The van der Waals surface area contributed by atoms with Gasteiger partial charge in [-0.05, 0) is 39.5 Å². The van der Waals surface area contributed by atoms with E-state index in [1.807, 2.05) is 13.8 Å². The molecule has 1 aromatic rings. The molecule has 0 saturated heterocycles. The minimum atomic E-state index is -0.00677. The van der Waals surface area contributed by atoms with Gasteiger partial charge in [-0.1, -0.05) is 13.3 Å². The van der Waals surface area contributed by atoms with Crippen molar-refractivity contribution in [1.29, 1.82) is 0 Å². The summed E-state index contributed by atoms with van der Waals surface area (Å²) in [5.74, 6) is 1.49. The first-order chi connectivity index (χ1) is 8.52. The molecule has 3 unspecified atom stereocenters. The molecule has 18 heavy (non-hydrogen) atoms. The van der Waals surface area contributed by atoms with Crippen LogP contribution in [0.3, 0.4) is 0 Å². The number of hydrogen-bond donors (Lipinski definition) is 2. The van der Waals surface area contributed by atoms with E-state index in [-0.39, 0.29) is 11.6 Å². The van der Waals surface area contributed by atoms with Gasteiger partial charge in [0.1, 0.15) is 5.82 Å². The first kappa shape index (κ1) is 13.3. The molecular weight excluding hydrogens is 226 g/mol. The van der Waals surface area contributed by atoms with Crippen molar-refractivity contribution in [3.8, 4) is 0 Å². The van der Waals surface area contributed by atoms with Gasteiger partial charge >= 0.3 is 0 Å². The minimum Gasteiger partial charge on any atom is -0.310 e. The van der Waals surface area contributed by atoms with Crippen LogP contribution < -0.4 is 10.9 Å². The summed E-state index contributed by atoms with van der Waals surface area (Å²) in [5.41, 5.74) is 1.61. The molecule has 4 nitrogen and oxygen atoms in total. The summed E-state index contributed by atoms with van der Waals surface area (Å²) >= 11 is 0. The Hall–Kier alpha value is -1.16. The van der Waals surface area contributed by atoms with Gasteiger partial charge in [0.05, 0.1) is 5.56 Å². The maximum absolute atomic E-state index is 12.0. The highest BCUT2D eigenvalue weighted by molar-refractivity contribution is 5.20. The van der Waals surface area contributed by atoms with Gasteiger partial charge in [0.25, 0.3) is 5.56 Å². The van der Waals surface area contributed by atoms with Crippen LogP contribution in [-0.2, 0) is 0 Å². The topological polar surface area (TPSA) is 57.8 Å². The van der Waals surface area contributed by atoms with Crippen LogP contribution in [0.1, 0.15) is 56.2 Å². The summed E-state index contributed by atoms with van der Waals surface area (Å²) in [7, 11) is 0. The lowest BCUT2D eigenvalue weighted by Gasteiger charge is -2.15. The lowest BCUT2D eigenvalue weighted by atomic mass is 10.1. The smallest absolute Gasteiger partial charge is 0.255 e. The Bertz CT molecular complexity index is 480. The van der Waals surface area contributed by atoms with Crippen LogP contribution in [-0.4, -0.2) is 16.0 Å². The highest BCUT2D eigenvalue weighted by atomic mass is 16.1. The number of rotatable bonds is 5. The van der Waals surface area contributed by atoms with Gasteiger partial charge in [-0.25, -0.2) is 4.98 Å². The van der Waals surface area contributed by atoms with Gasteiger partial charge in [-0.2, -0.15) is 0 Å². The number of nitrogens with one attached hydrogen (secondary N) is 2. The Labute approximate surface area is 108 Å². The van der Waals surface area contributed by atoms with Crippen molar-refractivity contribution in [3.05, 3.63) is 27.4 Å². The summed E-state index contributed by atoms with van der Waals surface area (Å²) in [5, 5.41) is 3.55. The van der Waals surface area contributed by atoms with Crippen LogP contribution in [0, 0.1) is 19.8 Å². The highest BCUT2D eigenvalue weighted by Gasteiger charge is 2.37. The molecule has 4 heteroatoms. The van der Waals surface area contributed by atoms with Crippen molar-refractivity contribution in [1.82, 2.24) is 15.3 Å². The molecule has 1 aliphatic rings. The van der Waals surface area contributed by atoms with Gasteiger partial charge in [0.2, 0.25) is 0 Å². The number of H-pyrrole nitrogens is 1. The third-order valence-electron chi connectivity index (χ3n) is 3.74. The predicted octanol–water partition coefficient (Wildman–Crippen LogP) is 2.23. The molecule has 2 rings (SSSR count). The average molecular weight is 249 g/mol. The van der Waals surface area contributed by atoms with Gasteiger partial charge in [-0.3, -0.25) is 4.79 Å². The molecule has 0 aliphatic heterocycles. The van der Waals surface area contributed by atoms with E-state index in [1.165, 1.54) is 19.3 Å². The predicted molar refractivity (Wildman–Crippen MR) is 72.7 cm³/mol. The molecule has 1 aromatic heterocycles. The van der Waals surface area contributed by atoms with Crippen molar-refractivity contribution >= 4 is 0 Å². The lowest BCUT2D eigenvalue weighted by molar-refractivity contribution is 0.522. The van der Waals surface area contributed by atoms with E-state index in [1.54, 1.807) is 0 Å². The Kier molecular flexibility index (Phi) is 3.85. The van der Waals surface area contributed by atoms with Gasteiger partial charge < -0.3 is 10.3 Å². The van der Waals surface area contributed by atoms with Crippen molar-refractivity contribution in [2.75, 3.05) is 0 Å². The molecule has 1 saturated carbocycles. The molecule has 2 N–H and O–H groups in total. The second-order valence-electron chi connectivity index (χ2n) is 5.43. The van der Waals surface area contributed by atoms with Crippen LogP contribution in [0.2, 0.25) is 0 Å². The zero-order valence-corrected chi connectivity index (χ0v) is 11.7. The third kappa shape index (κ3) is 2.80. The summed E-state index contributed by atoms with van der Waals surface area (Å²) in [4.78, 5) is 19.1. The molecular formula is C14H23N3O. The molecule has 0 radical (unpaired) electrons. The zero-order valence-electron chi connectivity index (χ0n) is 11.7. The van der Waals surface area contributed by atoms with E-state index >= 15 is 0 Å². The SMILES string of the molecule is CCCC1CC1NC(C)c1c(C)nc(C)[nH]c1=O. The largest absolute Gasteiger partial charge is 0.310 e. The summed E-state index contributed by atoms with van der Waals surface area (Å²) < 4.78 is 0. The molecule has 3 atom stereocenters. The lowest BCUT2D eigenvalue weighted by Crippen LogP contribution is -2.30. The molecule has 100 valence electrons. The number of aryl methyl sites for hydroxylation is 2. The molecule has 1 aliphatic carbocycles. The number of aromatic amines is 1. The van der Waals surface area contributed by atoms with Crippen molar-refractivity contribution in [2.24, 2.45) is 5.92 Å². The fraction of sp³-hybridized carbons (Fsp3) is 0.714. The number of nitrogens with zero attached hydrogens (tertiary/aromatic N) is 1. The van der Waals surface area contributed by atoms with Crippen LogP contribution in [0.5, 0.6) is 0 Å². The van der Waals surface area contributed by atoms with Crippen molar-refractivity contribution in [3.63, 3.8) is 0 Å². The molecule has 1 heterocycles. The summed E-state index contributed by atoms with van der Waals surface area (Å²) in [6.45, 7) is 7.99. The van der Waals surface area contributed by atoms with E-state index in [9.17, 15) is 4.79 Å². The summed E-state index contributed by atoms with van der Waals surface area (Å²) in [6.07, 6.45) is 3.77. The number of aromatic nitrogens is 2. The van der Waals surface area contributed by atoms with E-state index < -0.39 is 0 Å². The monoisotopic (exact) mass is 249 g/mol. The molecule has 0 bridgehead atoms. The highest BCUT2D eigenvalue weighted by Crippen LogP contribution is 2.36. The second-order valence-corrected chi connectivity index (χ2v) is 5.43. The fourth-order valence-corrected chi connectivity index (χ4v) is 2.79. The molecule has 0 amide bonds. The maximum atomic E-state index is 12.0. The Morgan fingerprint density at radius 1 is 1.50 bits per heavy atom. The number of hydrogen-bond acceptors (Lipinski definition) is 3. The first-order valence-electron chi connectivity index (χ1n) is 6.86. The maximum Gasteiger partial charge on any atom is 0.255 e. The minimum absolute atomic E-state index is 0.00677. The van der Waals surface area contributed by atoms with E-state index in [0.717, 1.165) is 17.2 Å². The third-order valence-corrected chi connectivity index (χ3v) is 3.74. The molecule has 1 fully saturated rings. The Balaban J connectivity index is 2.06.